The van der Waals surface area contributed by atoms with Crippen molar-refractivity contribution in [1.82, 2.24) is 9.97 Å². The number of Topliss-reactive ketones (excluding diaryl/α,β-unsaturated/α-hetero) is 1. The van der Waals surface area contributed by atoms with Crippen LogP contribution in [0.25, 0.3) is 0 Å². The van der Waals surface area contributed by atoms with Crippen LogP contribution in [0, 0.1) is 5.92 Å². The van der Waals surface area contributed by atoms with Crippen LogP contribution >= 0.6 is 23.1 Å². The molecule has 0 aliphatic heterocycles. The van der Waals surface area contributed by atoms with Gasteiger partial charge in [-0.2, -0.15) is 0 Å². The number of aromatic carboxylic acids is 1. The SMILES string of the molecule is CSc1sc(NC(=O)Nc2ccncc2C(=O)C2CCCC2)nc1C(=O)O. The highest BCUT2D eigenvalue weighted by atomic mass is 32.2. The molecule has 1 fully saturated rings. The Hall–Kier alpha value is -2.46. The van der Waals surface area contributed by atoms with E-state index >= 15 is 0 Å². The monoisotopic (exact) mass is 406 g/mol. The molecule has 2 amide bonds. The van der Waals surface area contributed by atoms with E-state index in [1.54, 1.807) is 12.3 Å². The Bertz CT molecular complexity index is 878. The van der Waals surface area contributed by atoms with Gasteiger partial charge in [-0.1, -0.05) is 24.2 Å². The second-order valence-corrected chi connectivity index (χ2v) is 8.08. The number of thioether (sulfide) groups is 1. The lowest BCUT2D eigenvalue weighted by Gasteiger charge is -2.13. The van der Waals surface area contributed by atoms with E-state index < -0.39 is 12.0 Å². The molecule has 0 radical (unpaired) electrons. The Morgan fingerprint density at radius 3 is 2.63 bits per heavy atom. The molecule has 0 saturated heterocycles. The Kier molecular flexibility index (Phi) is 6.07. The van der Waals surface area contributed by atoms with Crippen molar-refractivity contribution in [2.75, 3.05) is 16.9 Å². The minimum absolute atomic E-state index is 0.0111. The van der Waals surface area contributed by atoms with Gasteiger partial charge >= 0.3 is 12.0 Å². The van der Waals surface area contributed by atoms with Crippen LogP contribution in [0.3, 0.4) is 0 Å². The first-order valence-corrected chi connectivity index (χ1v) is 10.4. The molecule has 1 aliphatic rings. The van der Waals surface area contributed by atoms with Gasteiger partial charge in [0.25, 0.3) is 0 Å². The highest BCUT2D eigenvalue weighted by Gasteiger charge is 2.26. The summed E-state index contributed by atoms with van der Waals surface area (Å²) in [7, 11) is 0. The molecule has 8 nitrogen and oxygen atoms in total. The van der Waals surface area contributed by atoms with Gasteiger partial charge in [0.05, 0.1) is 15.5 Å². The number of nitrogens with zero attached hydrogens (tertiary/aromatic N) is 2. The number of pyridine rings is 1. The number of carbonyl (C=O) groups excluding carboxylic acids is 2. The minimum Gasteiger partial charge on any atom is -0.476 e. The van der Waals surface area contributed by atoms with Crippen molar-refractivity contribution in [2.45, 2.75) is 29.9 Å². The van der Waals surface area contributed by atoms with Crippen LogP contribution < -0.4 is 10.6 Å². The van der Waals surface area contributed by atoms with Gasteiger partial charge < -0.3 is 10.4 Å². The number of nitrogens with one attached hydrogen (secondary N) is 2. The maximum atomic E-state index is 12.7. The van der Waals surface area contributed by atoms with Crippen molar-refractivity contribution in [2.24, 2.45) is 5.92 Å². The molecule has 2 aromatic heterocycles. The predicted octanol–water partition coefficient (Wildman–Crippen LogP) is 3.98. The maximum Gasteiger partial charge on any atom is 0.356 e. The highest BCUT2D eigenvalue weighted by molar-refractivity contribution is 8.00. The summed E-state index contributed by atoms with van der Waals surface area (Å²) < 4.78 is 0.499. The van der Waals surface area contributed by atoms with Crippen LogP contribution in [0.15, 0.2) is 22.7 Å². The third-order valence-corrected chi connectivity index (χ3v) is 6.34. The van der Waals surface area contributed by atoms with E-state index in [1.165, 1.54) is 24.2 Å². The van der Waals surface area contributed by atoms with Crippen molar-refractivity contribution in [3.63, 3.8) is 0 Å². The Balaban J connectivity index is 1.73. The van der Waals surface area contributed by atoms with E-state index in [9.17, 15) is 14.4 Å². The van der Waals surface area contributed by atoms with Crippen molar-refractivity contribution in [3.8, 4) is 0 Å². The number of urea groups is 1. The van der Waals surface area contributed by atoms with Gasteiger partial charge in [-0.15, -0.1) is 11.8 Å². The zero-order valence-electron chi connectivity index (χ0n) is 14.5. The average Bonchev–Trinajstić information content (AvgIpc) is 3.31. The Morgan fingerprint density at radius 1 is 1.26 bits per heavy atom. The summed E-state index contributed by atoms with van der Waals surface area (Å²) in [6.45, 7) is 0. The number of thiazole rings is 1. The van der Waals surface area contributed by atoms with Crippen molar-refractivity contribution in [3.05, 3.63) is 29.7 Å². The number of aromatic nitrogens is 2. The van der Waals surface area contributed by atoms with Crippen LogP contribution in [0.4, 0.5) is 15.6 Å². The third-order valence-electron chi connectivity index (χ3n) is 4.27. The second kappa shape index (κ2) is 8.49. The molecular weight excluding hydrogens is 388 g/mol. The topological polar surface area (TPSA) is 121 Å². The largest absolute Gasteiger partial charge is 0.476 e. The fraction of sp³-hybridized carbons (Fsp3) is 0.353. The van der Waals surface area contributed by atoms with Crippen molar-refractivity contribution in [1.29, 1.82) is 0 Å². The lowest BCUT2D eigenvalue weighted by molar-refractivity contribution is 0.0687. The second-order valence-electron chi connectivity index (χ2n) is 6.01. The Labute approximate surface area is 163 Å². The summed E-state index contributed by atoms with van der Waals surface area (Å²) in [4.78, 5) is 44.1. The molecule has 142 valence electrons. The van der Waals surface area contributed by atoms with E-state index in [-0.39, 0.29) is 22.5 Å². The third kappa shape index (κ3) is 4.45. The van der Waals surface area contributed by atoms with Crippen molar-refractivity contribution < 1.29 is 19.5 Å². The number of rotatable bonds is 6. The van der Waals surface area contributed by atoms with Gasteiger partial charge in [-0.3, -0.25) is 15.1 Å². The summed E-state index contributed by atoms with van der Waals surface area (Å²) in [5, 5.41) is 14.5. The molecule has 2 aromatic rings. The molecule has 10 heteroatoms. The summed E-state index contributed by atoms with van der Waals surface area (Å²) in [6, 6.07) is 0.972. The summed E-state index contributed by atoms with van der Waals surface area (Å²) in [6.07, 6.45) is 8.48. The van der Waals surface area contributed by atoms with Crippen LogP contribution in [0.5, 0.6) is 0 Å². The fourth-order valence-electron chi connectivity index (χ4n) is 2.99. The van der Waals surface area contributed by atoms with Gasteiger partial charge in [-0.25, -0.2) is 14.6 Å². The fourth-order valence-corrected chi connectivity index (χ4v) is 4.57. The molecule has 0 bridgehead atoms. The molecule has 0 aromatic carbocycles. The summed E-state index contributed by atoms with van der Waals surface area (Å²) in [5.41, 5.74) is 0.665. The standard InChI is InChI=1S/C17H18N4O4S2/c1-26-15-12(14(23)24)20-17(27-15)21-16(25)19-11-6-7-18-8-10(11)13(22)9-4-2-3-5-9/h6-9H,2-5H2,1H3,(H,23,24)(H2,18,19,20,21,25). The smallest absolute Gasteiger partial charge is 0.356 e. The summed E-state index contributed by atoms with van der Waals surface area (Å²) in [5.74, 6) is -1.19. The zero-order chi connectivity index (χ0) is 19.4. The molecule has 3 N–H and O–H groups in total. The van der Waals surface area contributed by atoms with E-state index in [2.05, 4.69) is 20.6 Å². The Morgan fingerprint density at radius 2 is 2.00 bits per heavy atom. The van der Waals surface area contributed by atoms with Gasteiger partial charge in [-0.05, 0) is 25.2 Å². The van der Waals surface area contributed by atoms with E-state index in [0.717, 1.165) is 37.0 Å². The average molecular weight is 406 g/mol. The highest BCUT2D eigenvalue weighted by Crippen LogP contribution is 2.32. The molecule has 2 heterocycles. The lowest BCUT2D eigenvalue weighted by atomic mass is 9.96. The number of amides is 2. The normalized spacial score (nSPS) is 14.1. The first kappa shape index (κ1) is 19.3. The van der Waals surface area contributed by atoms with Gasteiger partial charge in [0.1, 0.15) is 0 Å². The van der Waals surface area contributed by atoms with Crippen LogP contribution in [-0.2, 0) is 0 Å². The molecular formula is C17H18N4O4S2. The molecule has 27 heavy (non-hydrogen) atoms. The maximum absolute atomic E-state index is 12.7. The number of hydrogen-bond donors (Lipinski definition) is 3. The number of carboxylic acids is 1. The number of ketones is 1. The molecule has 1 saturated carbocycles. The van der Waals surface area contributed by atoms with E-state index in [4.69, 9.17) is 5.11 Å². The zero-order valence-corrected chi connectivity index (χ0v) is 16.2. The van der Waals surface area contributed by atoms with E-state index in [0.29, 0.717) is 15.5 Å². The van der Waals surface area contributed by atoms with Gasteiger partial charge in [0, 0.05) is 18.3 Å². The first-order chi connectivity index (χ1) is 13.0. The number of carboxylic acid groups (broad SMARTS) is 1. The lowest BCUT2D eigenvalue weighted by Crippen LogP contribution is -2.22. The molecule has 0 unspecified atom stereocenters. The number of hydrogen-bond acceptors (Lipinski definition) is 7. The predicted molar refractivity (Wildman–Crippen MR) is 104 cm³/mol. The number of anilines is 2. The van der Waals surface area contributed by atoms with Crippen molar-refractivity contribution >= 4 is 51.7 Å². The molecule has 0 atom stereocenters. The van der Waals surface area contributed by atoms with Crippen LogP contribution in [-0.4, -0.2) is 39.1 Å². The van der Waals surface area contributed by atoms with Crippen LogP contribution in [0.2, 0.25) is 0 Å². The van der Waals surface area contributed by atoms with Crippen LogP contribution in [0.1, 0.15) is 46.5 Å². The molecule has 0 spiro atoms. The first-order valence-electron chi connectivity index (χ1n) is 8.34. The summed E-state index contributed by atoms with van der Waals surface area (Å²) >= 11 is 2.32. The minimum atomic E-state index is -1.15. The molecule has 1 aliphatic carbocycles. The molecule has 3 rings (SSSR count). The van der Waals surface area contributed by atoms with E-state index in [1.807, 2.05) is 0 Å². The number of carbonyl (C=O) groups is 3. The quantitative estimate of drug-likeness (QED) is 0.490. The van der Waals surface area contributed by atoms with Gasteiger partial charge in [0.15, 0.2) is 16.6 Å². The van der Waals surface area contributed by atoms with Gasteiger partial charge in [0.2, 0.25) is 0 Å².